The molecule has 15 N–H and O–H groups in total. The Balaban J connectivity index is 0. The fourth-order valence-corrected chi connectivity index (χ4v) is 6.99. The number of primary amides is 3. The maximum Gasteiger partial charge on any atom is 0.490 e. The Morgan fingerprint density at radius 1 is 0.753 bits per heavy atom. The van der Waals surface area contributed by atoms with E-state index >= 15 is 0 Å². The highest BCUT2D eigenvalue weighted by atomic mass is 32.2. The number of quaternary nitrogens is 1. The summed E-state index contributed by atoms with van der Waals surface area (Å²) >= 11 is 1.10. The summed E-state index contributed by atoms with van der Waals surface area (Å²) in [5.41, 5.74) is 19.1. The first kappa shape index (κ1) is 68.8. The van der Waals surface area contributed by atoms with Crippen molar-refractivity contribution in [3.63, 3.8) is 0 Å². The number of hydrogen-bond acceptors (Lipinski definition) is 14. The minimum atomic E-state index is -5.19. The number of likely N-dealkylation sites (tertiary alicyclic amines) is 1. The van der Waals surface area contributed by atoms with Crippen LogP contribution in [0.4, 0.5) is 26.3 Å². The maximum atomic E-state index is 14.3. The fraction of sp³-hybridized carbons (Fsp3) is 0.714. The van der Waals surface area contributed by atoms with Gasteiger partial charge in [-0.05, 0) is 38.0 Å². The van der Waals surface area contributed by atoms with E-state index < -0.39 is 132 Å². The number of alkyl halides is 6. The normalized spacial score (nSPS) is 15.9. The summed E-state index contributed by atoms with van der Waals surface area (Å²) < 4.78 is 63.3. The predicted octanol–water partition coefficient (Wildman–Crippen LogP) is -2.76. The van der Waals surface area contributed by atoms with E-state index in [1.807, 2.05) is 20.8 Å². The predicted molar refractivity (Wildman–Crippen MR) is 243 cm³/mol. The van der Waals surface area contributed by atoms with Crippen LogP contribution in [0.2, 0.25) is 0 Å². The number of nitrogens with one attached hydrogen (secondary N) is 5. The van der Waals surface area contributed by atoms with E-state index in [1.165, 1.54) is 4.90 Å². The third kappa shape index (κ3) is 28.5. The Hall–Kier alpha value is -6.27. The molecule has 0 spiro atoms. The van der Waals surface area contributed by atoms with Crippen LogP contribution in [0.25, 0.3) is 0 Å². The number of rotatable bonds is 26. The van der Waals surface area contributed by atoms with Gasteiger partial charge in [-0.15, -0.1) is 11.8 Å². The summed E-state index contributed by atoms with van der Waals surface area (Å²) in [6, 6.07) is -6.07. The van der Waals surface area contributed by atoms with Crippen LogP contribution in [-0.4, -0.2) is 148 Å². The van der Waals surface area contributed by atoms with E-state index in [0.29, 0.717) is 19.3 Å². The number of hydrogen-bond donors (Lipinski definition) is 10. The van der Waals surface area contributed by atoms with Gasteiger partial charge in [0.25, 0.3) is 5.91 Å². The molecule has 418 valence electrons. The summed E-state index contributed by atoms with van der Waals surface area (Å²) in [4.78, 5) is 148. The number of nitrogens with two attached hydrogens (primary N) is 3. The number of Topliss-reactive ketones (excluding diaryl/α,β-unsaturated/α-hetero) is 1. The standard InChI is InChI=1S/C38H66N10O10S.2C2HF3O2/c1-8-21(4)31(42)35(56)45-23(11-12-28(39)50)33(54)46-24(16-29(40)51)34(55)47-25(18-59-19-44-37(58)38(5,6)7)36(57)48-13-9-10-26(48)27(49)15-22(14-20(2)3)32(53)43-17-30(41)52;2*3-2(4,5)1(6)7/h20-26,31H,8-19,42H2,1-7H3,(H2,39,50)(H2,40,51)(H2,41,52)(H,43,53)(H,44,58)(H,45,56)(H,46,54)(H,47,55);2*(H,6,7)/t21?,22-,23+,24+,25+,26-,31+;;/m0../s1. The monoisotopic (exact) mass is 1080 g/mol. The molecule has 1 unspecified atom stereocenters. The van der Waals surface area contributed by atoms with Crippen molar-refractivity contribution in [2.24, 2.45) is 40.4 Å². The average molecular weight is 1080 g/mol. The molecule has 1 rings (SSSR count). The molecule has 1 saturated heterocycles. The molecule has 24 nitrogen and oxygen atoms in total. The number of carbonyl (C=O) groups is 12. The molecule has 1 aliphatic heterocycles. The Labute approximate surface area is 420 Å². The van der Waals surface area contributed by atoms with Crippen LogP contribution in [0, 0.1) is 23.2 Å². The zero-order chi connectivity index (χ0) is 57.4. The van der Waals surface area contributed by atoms with Crippen molar-refractivity contribution in [1.29, 1.82) is 0 Å². The third-order valence-electron chi connectivity index (χ3n) is 10.3. The number of ketones is 1. The molecule has 1 fully saturated rings. The lowest BCUT2D eigenvalue weighted by Gasteiger charge is -2.30. The van der Waals surface area contributed by atoms with E-state index in [1.54, 1.807) is 27.7 Å². The van der Waals surface area contributed by atoms with Crippen LogP contribution in [0.15, 0.2) is 0 Å². The Morgan fingerprint density at radius 3 is 1.70 bits per heavy atom. The molecule has 0 aromatic rings. The molecule has 9 amide bonds. The topological polar surface area (TPSA) is 417 Å². The number of carbonyl (C=O) groups excluding carboxylic acids is 11. The van der Waals surface area contributed by atoms with E-state index in [-0.39, 0.29) is 61.6 Å². The third-order valence-corrected chi connectivity index (χ3v) is 11.2. The minimum absolute atomic E-state index is 0.0118. The zero-order valence-electron chi connectivity index (χ0n) is 41.4. The molecule has 0 aromatic carbocycles. The lowest BCUT2D eigenvalue weighted by atomic mass is 9.89. The molecule has 7 atom stereocenters. The van der Waals surface area contributed by atoms with Crippen LogP contribution in [0.5, 0.6) is 0 Å². The van der Waals surface area contributed by atoms with Gasteiger partial charge in [-0.2, -0.15) is 26.3 Å². The van der Waals surface area contributed by atoms with Gasteiger partial charge in [0, 0.05) is 42.4 Å². The molecular formula is C42H68F6N10O14S. The summed E-state index contributed by atoms with van der Waals surface area (Å²) in [7, 11) is 0. The molecule has 73 heavy (non-hydrogen) atoms. The van der Waals surface area contributed by atoms with Gasteiger partial charge < -0.3 is 69.4 Å². The van der Waals surface area contributed by atoms with Crippen LogP contribution in [-0.2, 0) is 57.5 Å². The van der Waals surface area contributed by atoms with Gasteiger partial charge in [0.05, 0.1) is 24.9 Å². The molecule has 1 aliphatic rings. The van der Waals surface area contributed by atoms with Crippen molar-refractivity contribution in [1.82, 2.24) is 31.5 Å². The molecule has 31 heteroatoms. The van der Waals surface area contributed by atoms with Crippen LogP contribution in [0.1, 0.15) is 99.8 Å². The van der Waals surface area contributed by atoms with Crippen LogP contribution < -0.4 is 54.6 Å². The van der Waals surface area contributed by atoms with Gasteiger partial charge >= 0.3 is 18.3 Å². The Morgan fingerprint density at radius 2 is 1.26 bits per heavy atom. The molecule has 0 aromatic heterocycles. The Bertz CT molecular complexity index is 1930. The molecule has 0 bridgehead atoms. The summed E-state index contributed by atoms with van der Waals surface area (Å²) in [6.07, 6.45) is -10.1. The van der Waals surface area contributed by atoms with Crippen molar-refractivity contribution in [3.8, 4) is 0 Å². The highest BCUT2D eigenvalue weighted by Crippen LogP contribution is 2.25. The number of carboxylic acid groups (broad SMARTS) is 2. The lowest BCUT2D eigenvalue weighted by Crippen LogP contribution is -2.71. The molecular weight excluding hydrogens is 1010 g/mol. The number of halogens is 6. The van der Waals surface area contributed by atoms with Crippen molar-refractivity contribution >= 4 is 82.6 Å². The number of nitrogens with zero attached hydrogens (tertiary/aromatic N) is 1. The highest BCUT2D eigenvalue weighted by Gasteiger charge is 2.41. The first-order valence-electron chi connectivity index (χ1n) is 22.4. The van der Waals surface area contributed by atoms with E-state index in [0.717, 1.165) is 11.8 Å². The average Bonchev–Trinajstić information content (AvgIpc) is 3.76. The van der Waals surface area contributed by atoms with Crippen molar-refractivity contribution in [2.45, 2.75) is 142 Å². The second-order valence-electron chi connectivity index (χ2n) is 18.1. The SMILES string of the molecule is CCC(C)[C@@H]([NH3+])C(=O)N[C@H](CCC(N)=O)C(=O)N[C@H](CC(N)=O)C(=O)N[C@H](CSCNC(=O)C(C)(C)C)C(=O)N1CCC[C@H]1C(=O)C[C@H](CC(C)C)C(=O)NCC(N)=O.O=C(O)C(F)(F)F.O=C([O-])C(F)(F)F. The summed E-state index contributed by atoms with van der Waals surface area (Å²) in [6.45, 7) is 12.3. The highest BCUT2D eigenvalue weighted by molar-refractivity contribution is 7.99. The van der Waals surface area contributed by atoms with Crippen LogP contribution >= 0.6 is 11.8 Å². The van der Waals surface area contributed by atoms with Crippen molar-refractivity contribution < 1.29 is 99.8 Å². The molecule has 0 aliphatic carbocycles. The number of carboxylic acids is 2. The second-order valence-corrected chi connectivity index (χ2v) is 19.1. The quantitative estimate of drug-likeness (QED) is 0.0238. The molecule has 0 saturated carbocycles. The molecule has 1 heterocycles. The first-order valence-corrected chi connectivity index (χ1v) is 23.6. The number of aliphatic carboxylic acids is 2. The van der Waals surface area contributed by atoms with E-state index in [4.69, 9.17) is 37.0 Å². The first-order chi connectivity index (χ1) is 33.3. The van der Waals surface area contributed by atoms with Gasteiger partial charge in [0.15, 0.2) is 11.8 Å². The van der Waals surface area contributed by atoms with Crippen molar-refractivity contribution in [3.05, 3.63) is 0 Å². The fourth-order valence-electron chi connectivity index (χ4n) is 6.18. The van der Waals surface area contributed by atoms with Gasteiger partial charge in [-0.1, -0.05) is 48.5 Å². The van der Waals surface area contributed by atoms with Crippen LogP contribution in [0.3, 0.4) is 0 Å². The van der Waals surface area contributed by atoms with Gasteiger partial charge in [0.1, 0.15) is 24.1 Å². The molecule has 0 radical (unpaired) electrons. The Kier molecular flexibility index (Phi) is 30.2. The largest absolute Gasteiger partial charge is 0.542 e. The van der Waals surface area contributed by atoms with Gasteiger partial charge in [-0.3, -0.25) is 47.9 Å². The van der Waals surface area contributed by atoms with Gasteiger partial charge in [-0.25, -0.2) is 4.79 Å². The maximum absolute atomic E-state index is 14.3. The zero-order valence-corrected chi connectivity index (χ0v) is 42.2. The summed E-state index contributed by atoms with van der Waals surface area (Å²) in [5.74, 6) is -13.6. The van der Waals surface area contributed by atoms with Crippen molar-refractivity contribution in [2.75, 3.05) is 24.7 Å². The van der Waals surface area contributed by atoms with E-state index in [2.05, 4.69) is 32.3 Å². The number of thioether (sulfide) groups is 1. The lowest BCUT2D eigenvalue weighted by molar-refractivity contribution is -0.415. The number of amides is 9. The smallest absolute Gasteiger partial charge is 0.490 e. The van der Waals surface area contributed by atoms with E-state index in [9.17, 15) is 74.3 Å². The minimum Gasteiger partial charge on any atom is -0.542 e. The summed E-state index contributed by atoms with van der Waals surface area (Å²) in [5, 5.41) is 28.7. The van der Waals surface area contributed by atoms with Gasteiger partial charge in [0.2, 0.25) is 47.3 Å². The second kappa shape index (κ2) is 32.0.